The highest BCUT2D eigenvalue weighted by Gasteiger charge is 2.17. The second kappa shape index (κ2) is 7.95. The Morgan fingerprint density at radius 3 is 2.31 bits per heavy atom. The van der Waals surface area contributed by atoms with Gasteiger partial charge in [0.1, 0.15) is 5.75 Å². The lowest BCUT2D eigenvalue weighted by atomic mass is 10.0. The van der Waals surface area contributed by atoms with Crippen LogP contribution in [0, 0.1) is 0 Å². The zero-order valence-electron chi connectivity index (χ0n) is 19.5. The second-order valence-electron chi connectivity index (χ2n) is 8.43. The van der Waals surface area contributed by atoms with Gasteiger partial charge in [-0.2, -0.15) is 5.10 Å². The molecule has 0 amide bonds. The summed E-state index contributed by atoms with van der Waals surface area (Å²) in [7, 11) is 5.28. The van der Waals surface area contributed by atoms with Crippen LogP contribution in [0.3, 0.4) is 0 Å². The zero-order chi connectivity index (χ0) is 24.1. The smallest absolute Gasteiger partial charge is 0.333 e. The number of nitrogens with zero attached hydrogens (tertiary/aromatic N) is 6. The largest absolute Gasteiger partial charge is 0.497 e. The molecule has 0 aliphatic heterocycles. The average molecular weight is 463 g/mol. The topological polar surface area (TPSA) is 79.8 Å². The van der Waals surface area contributed by atoms with Crippen LogP contribution in [-0.4, -0.2) is 36.0 Å². The molecule has 0 saturated carbocycles. The van der Waals surface area contributed by atoms with Crippen molar-refractivity contribution in [1.29, 1.82) is 0 Å². The summed E-state index contributed by atoms with van der Waals surface area (Å²) in [5.74, 6) is 0.734. The van der Waals surface area contributed by atoms with E-state index in [1.807, 2.05) is 68.0 Å². The highest BCUT2D eigenvalue weighted by Crippen LogP contribution is 2.30. The molecule has 0 aliphatic carbocycles. The predicted octanol–water partition coefficient (Wildman–Crippen LogP) is 4.35. The van der Waals surface area contributed by atoms with Gasteiger partial charge in [-0.15, -0.1) is 0 Å². The number of imidazole rings is 1. The summed E-state index contributed by atoms with van der Waals surface area (Å²) < 4.78 is 10.4. The van der Waals surface area contributed by atoms with Crippen LogP contribution in [0.5, 0.6) is 5.75 Å². The van der Waals surface area contributed by atoms with E-state index in [1.54, 1.807) is 40.4 Å². The number of hydrogen-bond donors (Lipinski definition) is 0. The lowest BCUT2D eigenvalue weighted by Crippen LogP contribution is -2.20. The van der Waals surface area contributed by atoms with E-state index >= 15 is 0 Å². The van der Waals surface area contributed by atoms with Crippen LogP contribution in [0.2, 0.25) is 0 Å². The van der Waals surface area contributed by atoms with Crippen LogP contribution in [0.15, 0.2) is 84.2 Å². The quantitative estimate of drug-likeness (QED) is 0.389. The summed E-state index contributed by atoms with van der Waals surface area (Å²) in [6.07, 6.45) is 7.35. The maximum absolute atomic E-state index is 13.3. The van der Waals surface area contributed by atoms with Gasteiger partial charge in [-0.05, 0) is 48.0 Å². The van der Waals surface area contributed by atoms with Crippen molar-refractivity contribution in [2.24, 2.45) is 14.1 Å². The number of benzene rings is 2. The first-order valence-electron chi connectivity index (χ1n) is 11.1. The van der Waals surface area contributed by atoms with E-state index in [1.165, 1.54) is 0 Å². The Kier molecular flexibility index (Phi) is 4.74. The Balaban J connectivity index is 1.53. The van der Waals surface area contributed by atoms with E-state index in [0.717, 1.165) is 55.8 Å². The minimum absolute atomic E-state index is 0.132. The first kappa shape index (κ1) is 20.9. The molecule has 172 valence electrons. The lowest BCUT2D eigenvalue weighted by molar-refractivity contribution is 0.414. The van der Waals surface area contributed by atoms with Gasteiger partial charge in [0.15, 0.2) is 0 Å². The molecule has 6 aromatic rings. The third-order valence-corrected chi connectivity index (χ3v) is 6.31. The highest BCUT2D eigenvalue weighted by molar-refractivity contribution is 6.04. The Morgan fingerprint density at radius 2 is 1.63 bits per heavy atom. The Bertz CT molecular complexity index is 1760. The second-order valence-corrected chi connectivity index (χ2v) is 8.43. The first-order valence-corrected chi connectivity index (χ1v) is 11.1. The van der Waals surface area contributed by atoms with Gasteiger partial charge in [-0.1, -0.05) is 12.1 Å². The number of aromatic nitrogens is 6. The van der Waals surface area contributed by atoms with Crippen molar-refractivity contribution in [1.82, 2.24) is 28.9 Å². The van der Waals surface area contributed by atoms with Crippen molar-refractivity contribution >= 4 is 21.9 Å². The number of ether oxygens (including phenoxy) is 1. The average Bonchev–Trinajstić information content (AvgIpc) is 3.45. The fourth-order valence-corrected chi connectivity index (χ4v) is 4.44. The van der Waals surface area contributed by atoms with Crippen LogP contribution in [0.25, 0.3) is 50.0 Å². The number of methoxy groups -OCH3 is 1. The number of pyridine rings is 2. The number of aryl methyl sites for hydroxylation is 2. The van der Waals surface area contributed by atoms with Gasteiger partial charge in [0.2, 0.25) is 0 Å². The lowest BCUT2D eigenvalue weighted by Gasteiger charge is -2.09. The fourth-order valence-electron chi connectivity index (χ4n) is 4.44. The van der Waals surface area contributed by atoms with Gasteiger partial charge in [-0.25, -0.2) is 4.79 Å². The molecule has 0 aliphatic rings. The van der Waals surface area contributed by atoms with Crippen molar-refractivity contribution < 1.29 is 4.74 Å². The standard InChI is InChI=1S/C27H22N6O2/c1-31-16-19(14-30-31)23-10-5-18(13-28-23)17-4-11-24-22(12-17)26-25(15-29-24)32(2)27(34)33(26)20-6-8-21(35-3)9-7-20/h4-16H,1-3H3. The molecule has 0 saturated heterocycles. The van der Waals surface area contributed by atoms with Crippen LogP contribution in [0.4, 0.5) is 0 Å². The molecule has 0 fully saturated rings. The molecule has 8 nitrogen and oxygen atoms in total. The third-order valence-electron chi connectivity index (χ3n) is 6.31. The SMILES string of the molecule is COc1ccc(-n2c(=O)n(C)c3cnc4ccc(-c5ccc(-c6cnn(C)c6)nc5)cc4c32)cc1. The molecular formula is C27H22N6O2. The van der Waals surface area contributed by atoms with Crippen LogP contribution in [0.1, 0.15) is 0 Å². The van der Waals surface area contributed by atoms with Crippen molar-refractivity contribution in [2.45, 2.75) is 0 Å². The van der Waals surface area contributed by atoms with Gasteiger partial charge in [-0.3, -0.25) is 23.8 Å². The van der Waals surface area contributed by atoms with Crippen molar-refractivity contribution in [3.63, 3.8) is 0 Å². The highest BCUT2D eigenvalue weighted by atomic mass is 16.5. The molecule has 4 aromatic heterocycles. The maximum atomic E-state index is 13.3. The van der Waals surface area contributed by atoms with Crippen LogP contribution in [-0.2, 0) is 14.1 Å². The fraction of sp³-hybridized carbons (Fsp3) is 0.111. The molecule has 6 rings (SSSR count). The number of fused-ring (bicyclic) bond motifs is 3. The van der Waals surface area contributed by atoms with Gasteiger partial charge in [0.25, 0.3) is 0 Å². The minimum atomic E-state index is -0.132. The van der Waals surface area contributed by atoms with E-state index in [-0.39, 0.29) is 5.69 Å². The van der Waals surface area contributed by atoms with Crippen LogP contribution < -0.4 is 10.4 Å². The van der Waals surface area contributed by atoms with Crippen LogP contribution >= 0.6 is 0 Å². The molecule has 0 atom stereocenters. The van der Waals surface area contributed by atoms with Crippen molar-refractivity contribution in [2.75, 3.05) is 7.11 Å². The maximum Gasteiger partial charge on any atom is 0.333 e. The zero-order valence-corrected chi connectivity index (χ0v) is 19.5. The van der Waals surface area contributed by atoms with Crippen molar-refractivity contribution in [3.05, 3.63) is 89.9 Å². The summed E-state index contributed by atoms with van der Waals surface area (Å²) >= 11 is 0. The van der Waals surface area contributed by atoms with E-state index in [2.05, 4.69) is 21.1 Å². The molecule has 0 unspecified atom stereocenters. The molecule has 8 heteroatoms. The molecule has 0 radical (unpaired) electrons. The monoisotopic (exact) mass is 462 g/mol. The first-order chi connectivity index (χ1) is 17.0. The van der Waals surface area contributed by atoms with Gasteiger partial charge >= 0.3 is 5.69 Å². The molecule has 4 heterocycles. The summed E-state index contributed by atoms with van der Waals surface area (Å²) in [4.78, 5) is 22.5. The van der Waals surface area contributed by atoms with Crippen molar-refractivity contribution in [3.8, 4) is 33.8 Å². The Morgan fingerprint density at radius 1 is 0.829 bits per heavy atom. The third kappa shape index (κ3) is 3.38. The Labute approximate surface area is 200 Å². The molecule has 2 aromatic carbocycles. The summed E-state index contributed by atoms with van der Waals surface area (Å²) in [6, 6.07) is 17.6. The van der Waals surface area contributed by atoms with Gasteiger partial charge in [0, 0.05) is 43.0 Å². The number of hydrogen-bond acceptors (Lipinski definition) is 5. The molecular weight excluding hydrogens is 440 g/mol. The molecule has 0 bridgehead atoms. The van der Waals surface area contributed by atoms with E-state index in [4.69, 9.17) is 4.74 Å². The van der Waals surface area contributed by atoms with Gasteiger partial charge in [0.05, 0.1) is 47.4 Å². The van der Waals surface area contributed by atoms with E-state index in [0.29, 0.717) is 0 Å². The summed E-state index contributed by atoms with van der Waals surface area (Å²) in [6.45, 7) is 0. The summed E-state index contributed by atoms with van der Waals surface area (Å²) in [5.41, 5.74) is 6.83. The number of rotatable bonds is 4. The van der Waals surface area contributed by atoms with E-state index in [9.17, 15) is 4.79 Å². The predicted molar refractivity (Wildman–Crippen MR) is 136 cm³/mol. The molecule has 0 N–H and O–H groups in total. The normalized spacial score (nSPS) is 11.4. The van der Waals surface area contributed by atoms with E-state index < -0.39 is 0 Å². The summed E-state index contributed by atoms with van der Waals surface area (Å²) in [5, 5.41) is 5.11. The molecule has 0 spiro atoms. The minimum Gasteiger partial charge on any atom is -0.497 e. The Hall–Kier alpha value is -4.72. The molecule has 35 heavy (non-hydrogen) atoms. The van der Waals surface area contributed by atoms with Gasteiger partial charge < -0.3 is 4.74 Å².